The summed E-state index contributed by atoms with van der Waals surface area (Å²) in [5.41, 5.74) is 2.06. The molecule has 27 heavy (non-hydrogen) atoms. The maximum atomic E-state index is 12.0. The quantitative estimate of drug-likeness (QED) is 0.594. The highest BCUT2D eigenvalue weighted by Gasteiger charge is 2.66. The number of Topliss-reactive ketones (excluding diaryl/α,β-unsaturated/α-hetero) is 1. The minimum atomic E-state index is -0.402. The molecule has 1 heterocycles. The summed E-state index contributed by atoms with van der Waals surface area (Å²) in [4.78, 5) is 24.0. The summed E-state index contributed by atoms with van der Waals surface area (Å²) in [6.07, 6.45) is 12.2. The third kappa shape index (κ3) is 2.25. The van der Waals surface area contributed by atoms with Gasteiger partial charge in [-0.15, -0.1) is 0 Å². The molecule has 4 nitrogen and oxygen atoms in total. The highest BCUT2D eigenvalue weighted by molar-refractivity contribution is 5.85. The lowest BCUT2D eigenvalue weighted by atomic mass is 9.49. The highest BCUT2D eigenvalue weighted by atomic mass is 16.6. The van der Waals surface area contributed by atoms with Crippen LogP contribution in [0.3, 0.4) is 0 Å². The Hall–Kier alpha value is -1.42. The van der Waals surface area contributed by atoms with Crippen LogP contribution >= 0.6 is 0 Å². The Kier molecular flexibility index (Phi) is 3.95. The van der Waals surface area contributed by atoms with Gasteiger partial charge in [-0.3, -0.25) is 4.79 Å². The van der Waals surface area contributed by atoms with Gasteiger partial charge in [0.15, 0.2) is 0 Å². The van der Waals surface area contributed by atoms with Gasteiger partial charge in [-0.05, 0) is 80.3 Å². The van der Waals surface area contributed by atoms with E-state index in [1.54, 1.807) is 6.08 Å². The molecule has 1 N–H and O–H groups in total. The number of ketones is 1. The second kappa shape index (κ2) is 6.04. The van der Waals surface area contributed by atoms with E-state index in [2.05, 4.69) is 13.0 Å². The van der Waals surface area contributed by atoms with Gasteiger partial charge in [0.05, 0.1) is 6.61 Å². The topological polar surface area (TPSA) is 63.6 Å². The van der Waals surface area contributed by atoms with Crippen molar-refractivity contribution in [1.29, 1.82) is 0 Å². The summed E-state index contributed by atoms with van der Waals surface area (Å²) in [6.45, 7) is 2.35. The van der Waals surface area contributed by atoms with E-state index in [9.17, 15) is 14.7 Å². The SMILES string of the molecule is CC[C@]12CC[C@H]3[C@@H](CC(CO)=C4CC(=O)CC[C@@H]43)[C@@H]1CC[C@@]21C=CC(=O)O1. The molecule has 0 bridgehead atoms. The third-order valence-electron chi connectivity index (χ3n) is 8.99. The second-order valence-corrected chi connectivity index (χ2v) is 9.52. The minimum absolute atomic E-state index is 0.0411. The first-order valence-electron chi connectivity index (χ1n) is 10.8. The molecule has 1 aliphatic heterocycles. The van der Waals surface area contributed by atoms with Gasteiger partial charge in [0.2, 0.25) is 0 Å². The Bertz CT molecular complexity index is 749. The smallest absolute Gasteiger partial charge is 0.331 e. The number of allylic oxidation sites excluding steroid dienone is 1. The molecule has 146 valence electrons. The molecule has 0 unspecified atom stereocenters. The lowest BCUT2D eigenvalue weighted by Gasteiger charge is -2.56. The van der Waals surface area contributed by atoms with Crippen molar-refractivity contribution in [2.45, 2.75) is 70.3 Å². The molecule has 0 aromatic rings. The Morgan fingerprint density at radius 3 is 2.74 bits per heavy atom. The van der Waals surface area contributed by atoms with Crippen molar-refractivity contribution >= 4 is 11.8 Å². The molecule has 6 atom stereocenters. The summed E-state index contributed by atoms with van der Waals surface area (Å²) in [5, 5.41) is 10.1. The predicted octanol–water partition coefficient (Wildman–Crippen LogP) is 3.73. The van der Waals surface area contributed by atoms with E-state index in [1.807, 2.05) is 0 Å². The number of hydrogen-bond donors (Lipinski definition) is 1. The number of aliphatic hydroxyl groups excluding tert-OH is 1. The molecule has 0 aromatic heterocycles. The number of rotatable bonds is 2. The fourth-order valence-electron chi connectivity index (χ4n) is 7.91. The van der Waals surface area contributed by atoms with Crippen LogP contribution in [0.15, 0.2) is 23.3 Å². The van der Waals surface area contributed by atoms with Crippen LogP contribution in [0, 0.1) is 29.1 Å². The molecule has 5 aliphatic rings. The Morgan fingerprint density at radius 1 is 1.19 bits per heavy atom. The summed E-state index contributed by atoms with van der Waals surface area (Å²) in [5.74, 6) is 2.36. The van der Waals surface area contributed by atoms with Crippen LogP contribution in [0.5, 0.6) is 0 Å². The lowest BCUT2D eigenvalue weighted by molar-refractivity contribution is -0.164. The third-order valence-corrected chi connectivity index (χ3v) is 8.99. The molecule has 0 amide bonds. The van der Waals surface area contributed by atoms with Crippen LogP contribution in [0.25, 0.3) is 0 Å². The van der Waals surface area contributed by atoms with Gasteiger partial charge in [-0.25, -0.2) is 4.79 Å². The van der Waals surface area contributed by atoms with E-state index in [0.29, 0.717) is 42.3 Å². The first-order chi connectivity index (χ1) is 13.0. The Balaban J connectivity index is 1.53. The van der Waals surface area contributed by atoms with Crippen molar-refractivity contribution in [2.24, 2.45) is 29.1 Å². The fourth-order valence-corrected chi connectivity index (χ4v) is 7.91. The van der Waals surface area contributed by atoms with Crippen LogP contribution in [0.1, 0.15) is 64.7 Å². The number of aliphatic hydroxyl groups is 1. The van der Waals surface area contributed by atoms with Crippen LogP contribution in [0.4, 0.5) is 0 Å². The van der Waals surface area contributed by atoms with E-state index >= 15 is 0 Å². The van der Waals surface area contributed by atoms with E-state index in [1.165, 1.54) is 5.57 Å². The average Bonchev–Trinajstić information content (AvgIpc) is 3.22. The van der Waals surface area contributed by atoms with E-state index < -0.39 is 5.60 Å². The van der Waals surface area contributed by atoms with Gasteiger partial charge >= 0.3 is 5.97 Å². The average molecular weight is 370 g/mol. The zero-order valence-corrected chi connectivity index (χ0v) is 16.2. The maximum Gasteiger partial charge on any atom is 0.331 e. The standard InChI is InChI=1S/C23H30O4/c1-2-22-8-5-17-16-4-3-15(25)12-18(16)14(13-24)11-19(17)20(22)6-9-23(22)10-7-21(26)27-23/h7,10,16-17,19-20,24H,2-6,8-9,11-13H2,1H3/t16-,17-,19-,20+,22+,23-/m1/s1. The summed E-state index contributed by atoms with van der Waals surface area (Å²) < 4.78 is 5.97. The minimum Gasteiger partial charge on any atom is -0.451 e. The first-order valence-corrected chi connectivity index (χ1v) is 10.8. The first kappa shape index (κ1) is 17.7. The number of hydrogen-bond acceptors (Lipinski definition) is 4. The zero-order chi connectivity index (χ0) is 18.8. The van der Waals surface area contributed by atoms with Crippen molar-refractivity contribution in [3.8, 4) is 0 Å². The normalized spacial score (nSPS) is 45.7. The molecule has 5 rings (SSSR count). The van der Waals surface area contributed by atoms with Crippen LogP contribution < -0.4 is 0 Å². The number of carbonyl (C=O) groups excluding carboxylic acids is 2. The maximum absolute atomic E-state index is 12.0. The van der Waals surface area contributed by atoms with Crippen molar-refractivity contribution in [1.82, 2.24) is 0 Å². The summed E-state index contributed by atoms with van der Waals surface area (Å²) in [6, 6.07) is 0. The molecule has 3 fully saturated rings. The van der Waals surface area contributed by atoms with E-state index in [0.717, 1.165) is 50.5 Å². The van der Waals surface area contributed by atoms with Gasteiger partial charge in [0, 0.05) is 24.3 Å². The van der Waals surface area contributed by atoms with Gasteiger partial charge < -0.3 is 9.84 Å². The second-order valence-electron chi connectivity index (χ2n) is 9.52. The molecule has 4 heteroatoms. The van der Waals surface area contributed by atoms with Gasteiger partial charge in [-0.2, -0.15) is 0 Å². The fraction of sp³-hybridized carbons (Fsp3) is 0.739. The van der Waals surface area contributed by atoms with Crippen molar-refractivity contribution in [2.75, 3.05) is 6.61 Å². The summed E-state index contributed by atoms with van der Waals surface area (Å²) in [7, 11) is 0. The molecular weight excluding hydrogens is 340 g/mol. The van der Waals surface area contributed by atoms with Crippen molar-refractivity contribution < 1.29 is 19.4 Å². The molecule has 3 saturated carbocycles. The van der Waals surface area contributed by atoms with Gasteiger partial charge in [0.25, 0.3) is 0 Å². The Morgan fingerprint density at radius 2 is 2.04 bits per heavy atom. The van der Waals surface area contributed by atoms with Crippen LogP contribution in [0.2, 0.25) is 0 Å². The van der Waals surface area contributed by atoms with Crippen molar-refractivity contribution in [3.05, 3.63) is 23.3 Å². The molecule has 0 aromatic carbocycles. The van der Waals surface area contributed by atoms with E-state index in [4.69, 9.17) is 4.74 Å². The van der Waals surface area contributed by atoms with Crippen LogP contribution in [-0.4, -0.2) is 29.1 Å². The predicted molar refractivity (Wildman–Crippen MR) is 101 cm³/mol. The molecule has 0 radical (unpaired) electrons. The largest absolute Gasteiger partial charge is 0.451 e. The summed E-state index contributed by atoms with van der Waals surface area (Å²) >= 11 is 0. The zero-order valence-electron chi connectivity index (χ0n) is 16.2. The highest BCUT2D eigenvalue weighted by Crippen LogP contribution is 2.68. The molecular formula is C23H30O4. The number of fused-ring (bicyclic) bond motifs is 6. The van der Waals surface area contributed by atoms with Crippen LogP contribution in [-0.2, 0) is 14.3 Å². The lowest BCUT2D eigenvalue weighted by Crippen LogP contribution is -2.54. The van der Waals surface area contributed by atoms with E-state index in [-0.39, 0.29) is 18.0 Å². The number of ether oxygens (including phenoxy) is 1. The molecule has 0 saturated heterocycles. The van der Waals surface area contributed by atoms with Crippen molar-refractivity contribution in [3.63, 3.8) is 0 Å². The van der Waals surface area contributed by atoms with Gasteiger partial charge in [0.1, 0.15) is 11.4 Å². The van der Waals surface area contributed by atoms with Gasteiger partial charge in [-0.1, -0.05) is 12.5 Å². The molecule has 1 spiro atoms. The monoisotopic (exact) mass is 370 g/mol. The number of carbonyl (C=O) groups is 2. The molecule has 4 aliphatic carbocycles. The Labute approximate surface area is 161 Å². The number of esters is 1.